The molecular formula is C52H63FN10O8S. The Morgan fingerprint density at radius 3 is 2.53 bits per heavy atom. The van der Waals surface area contributed by atoms with Gasteiger partial charge in [0.1, 0.15) is 22.1 Å². The lowest BCUT2D eigenvalue weighted by Crippen LogP contribution is -2.60. The Balaban J connectivity index is 0.937. The maximum absolute atomic E-state index is 14.9. The second-order valence-electron chi connectivity index (χ2n) is 20.6. The zero-order valence-corrected chi connectivity index (χ0v) is 42.0. The molecule has 4 aliphatic rings. The van der Waals surface area contributed by atoms with Gasteiger partial charge < -0.3 is 29.8 Å². The molecule has 1 spiro atoms. The van der Waals surface area contributed by atoms with Crippen LogP contribution >= 0.6 is 0 Å². The number of H-pyrrole nitrogens is 1. The number of hydrogen-bond acceptors (Lipinski definition) is 15. The van der Waals surface area contributed by atoms with Crippen LogP contribution in [0.15, 0.2) is 71.9 Å². The van der Waals surface area contributed by atoms with Gasteiger partial charge in [0.2, 0.25) is 5.82 Å². The lowest BCUT2D eigenvalue weighted by atomic mass is 9.59. The van der Waals surface area contributed by atoms with Crippen LogP contribution in [0.2, 0.25) is 0 Å². The van der Waals surface area contributed by atoms with Crippen LogP contribution in [0, 0.1) is 38.6 Å². The topological polar surface area (TPSA) is 232 Å². The number of aliphatic hydroxyl groups is 1. The zero-order valence-electron chi connectivity index (χ0n) is 41.2. The average molecular weight is 1010 g/mol. The molecule has 20 heteroatoms. The first kappa shape index (κ1) is 50.5. The van der Waals surface area contributed by atoms with E-state index in [0.717, 1.165) is 69.5 Å². The Bertz CT molecular complexity index is 2970. The monoisotopic (exact) mass is 1010 g/mol. The van der Waals surface area contributed by atoms with Crippen LogP contribution in [0.25, 0.3) is 11.0 Å². The molecule has 9 rings (SSSR count). The van der Waals surface area contributed by atoms with Gasteiger partial charge in [0, 0.05) is 81.4 Å². The molecule has 5 heterocycles. The number of fused-ring (bicyclic) bond motifs is 1. The lowest BCUT2D eigenvalue weighted by molar-refractivity contribution is -0.384. The van der Waals surface area contributed by atoms with Crippen LogP contribution in [0.3, 0.4) is 0 Å². The van der Waals surface area contributed by atoms with E-state index < -0.39 is 42.9 Å². The number of rotatable bonds is 16. The number of nitrogens with one attached hydrogen (secondary N) is 3. The molecule has 0 unspecified atom stereocenters. The standard InChI is InChI=1S/C52H63FN10O8S/c1-5-70-50-46(26-41-42(53)31-57-47(41)58-50)71-45-24-35(10-11-40(45)49(64)59-72(68,69)37-25-43(63(66)67)48(56-30-37)55-29-34-12-14-51(4,65)15-13-34)61-19-16-52(17-20-61)27-36(28-52)62-23-22-60(21-18-54)32-44(62)39-9-7-6-8-38(39)33(2)3/h6-11,24-26,30-31,33-34,36,44,65H,5,12-17,19-23,27-29,32H2,1-4H3,(H,55,56)(H,57,58)(H,59,64)/t34?,44-,51?/m0/s1. The Morgan fingerprint density at radius 1 is 1.07 bits per heavy atom. The number of ether oxygens (including phenoxy) is 2. The number of benzene rings is 2. The number of piperazine rings is 1. The predicted molar refractivity (Wildman–Crippen MR) is 269 cm³/mol. The number of nitriles is 1. The summed E-state index contributed by atoms with van der Waals surface area (Å²) in [7, 11) is -4.74. The number of sulfonamides is 1. The zero-order chi connectivity index (χ0) is 51.0. The number of aromatic amines is 1. The third-order valence-electron chi connectivity index (χ3n) is 15.3. The van der Waals surface area contributed by atoms with E-state index in [9.17, 15) is 38.1 Å². The first-order chi connectivity index (χ1) is 34.4. The fourth-order valence-corrected chi connectivity index (χ4v) is 12.1. The van der Waals surface area contributed by atoms with Crippen LogP contribution in [0.4, 0.5) is 21.6 Å². The summed E-state index contributed by atoms with van der Waals surface area (Å²) in [5.74, 6) is -1.35. The van der Waals surface area contributed by atoms with Crippen molar-refractivity contribution in [3.05, 3.63) is 99.6 Å². The molecule has 0 radical (unpaired) electrons. The molecule has 2 saturated carbocycles. The Hall–Kier alpha value is -6.40. The molecule has 2 aliphatic carbocycles. The van der Waals surface area contributed by atoms with E-state index in [2.05, 4.69) is 83.9 Å². The molecule has 4 N–H and O–H groups in total. The summed E-state index contributed by atoms with van der Waals surface area (Å²) in [6.07, 6.45) is 8.70. The summed E-state index contributed by atoms with van der Waals surface area (Å²) in [6.45, 7) is 12.9. The molecule has 1 atom stereocenters. The van der Waals surface area contributed by atoms with Gasteiger partial charge in [0.25, 0.3) is 21.8 Å². The average Bonchev–Trinajstić information content (AvgIpc) is 3.71. The number of nitrogens with zero attached hydrogens (tertiary/aromatic N) is 7. The van der Waals surface area contributed by atoms with E-state index >= 15 is 0 Å². The molecule has 4 fully saturated rings. The van der Waals surface area contributed by atoms with E-state index in [4.69, 9.17) is 9.47 Å². The molecule has 2 saturated heterocycles. The molecule has 0 bridgehead atoms. The summed E-state index contributed by atoms with van der Waals surface area (Å²) < 4.78 is 56.9. The van der Waals surface area contributed by atoms with Gasteiger partial charge in [-0.05, 0) is 106 Å². The van der Waals surface area contributed by atoms with Gasteiger partial charge in [0.15, 0.2) is 5.75 Å². The second kappa shape index (κ2) is 20.6. The number of piperidine rings is 1. The first-order valence-electron chi connectivity index (χ1n) is 24.9. The van der Waals surface area contributed by atoms with Gasteiger partial charge in [-0.25, -0.2) is 22.5 Å². The minimum Gasteiger partial charge on any atom is -0.475 e. The molecule has 18 nitrogen and oxygen atoms in total. The number of carbonyl (C=O) groups excluding carboxylic acids is 1. The molecule has 3 aromatic heterocycles. The number of anilines is 2. The van der Waals surface area contributed by atoms with Crippen molar-refractivity contribution in [3.63, 3.8) is 0 Å². The van der Waals surface area contributed by atoms with Crippen molar-refractivity contribution in [1.82, 2.24) is 29.5 Å². The Kier molecular flexibility index (Phi) is 14.5. The SMILES string of the molecule is CCOc1nc2[nH]cc(F)c2cc1Oc1cc(N2CCC3(CC2)CC(N2CCN(CC#N)C[C@H]2c2ccccc2C(C)C)C3)ccc1C(=O)NS(=O)(=O)c1cnc(NCC2CCC(C)(O)CC2)c([N+](=O)[O-])c1. The summed E-state index contributed by atoms with van der Waals surface area (Å²) in [6, 6.07) is 18.8. The predicted octanol–water partition coefficient (Wildman–Crippen LogP) is 8.42. The van der Waals surface area contributed by atoms with Crippen LogP contribution < -0.4 is 24.4 Å². The minimum absolute atomic E-state index is 0.0135. The van der Waals surface area contributed by atoms with E-state index in [1.165, 1.54) is 23.3 Å². The number of hydrogen-bond donors (Lipinski definition) is 4. The van der Waals surface area contributed by atoms with Gasteiger partial charge in [0.05, 0.1) is 46.9 Å². The van der Waals surface area contributed by atoms with Crippen molar-refractivity contribution < 1.29 is 37.1 Å². The summed E-state index contributed by atoms with van der Waals surface area (Å²) >= 11 is 0. The Labute approximate surface area is 419 Å². The summed E-state index contributed by atoms with van der Waals surface area (Å²) in [5.41, 5.74) is 2.25. The van der Waals surface area contributed by atoms with E-state index in [-0.39, 0.29) is 63.8 Å². The number of halogens is 1. The quantitative estimate of drug-likeness (QED) is 0.0413. The molecular weight excluding hydrogens is 944 g/mol. The van der Waals surface area contributed by atoms with Crippen molar-refractivity contribution in [3.8, 4) is 23.4 Å². The van der Waals surface area contributed by atoms with Gasteiger partial charge in [-0.2, -0.15) is 10.2 Å². The van der Waals surface area contributed by atoms with Crippen molar-refractivity contribution in [2.24, 2.45) is 11.3 Å². The van der Waals surface area contributed by atoms with Gasteiger partial charge in [-0.15, -0.1) is 0 Å². The van der Waals surface area contributed by atoms with Crippen LogP contribution in [-0.4, -0.2) is 113 Å². The number of aromatic nitrogens is 3. The third-order valence-corrected chi connectivity index (χ3v) is 16.6. The number of pyridine rings is 2. The number of carbonyl (C=O) groups is 1. The maximum Gasteiger partial charge on any atom is 0.312 e. The largest absolute Gasteiger partial charge is 0.475 e. The third kappa shape index (κ3) is 10.7. The first-order valence-corrected chi connectivity index (χ1v) is 26.4. The number of amides is 1. The molecule has 72 heavy (non-hydrogen) atoms. The Morgan fingerprint density at radius 2 is 1.82 bits per heavy atom. The fourth-order valence-electron chi connectivity index (χ4n) is 11.2. The molecule has 1 amide bonds. The summed E-state index contributed by atoms with van der Waals surface area (Å²) in [5, 5.41) is 35.2. The highest BCUT2D eigenvalue weighted by molar-refractivity contribution is 7.90. The van der Waals surface area contributed by atoms with Crippen molar-refractivity contribution in [1.29, 1.82) is 5.26 Å². The summed E-state index contributed by atoms with van der Waals surface area (Å²) in [4.78, 5) is 43.5. The lowest BCUT2D eigenvalue weighted by Gasteiger charge is -2.58. The van der Waals surface area contributed by atoms with E-state index in [1.54, 1.807) is 26.0 Å². The molecule has 2 aliphatic heterocycles. The smallest absolute Gasteiger partial charge is 0.312 e. The minimum atomic E-state index is -4.74. The highest BCUT2D eigenvalue weighted by Gasteiger charge is 2.50. The van der Waals surface area contributed by atoms with Crippen molar-refractivity contribution >= 4 is 44.2 Å². The van der Waals surface area contributed by atoms with Gasteiger partial charge >= 0.3 is 5.69 Å². The van der Waals surface area contributed by atoms with Crippen LogP contribution in [0.1, 0.15) is 113 Å². The van der Waals surface area contributed by atoms with Gasteiger partial charge in [-0.3, -0.25) is 24.7 Å². The molecule has 382 valence electrons. The van der Waals surface area contributed by atoms with Crippen LogP contribution in [0.5, 0.6) is 17.4 Å². The molecule has 2 aromatic carbocycles. The van der Waals surface area contributed by atoms with Crippen molar-refractivity contribution in [2.45, 2.75) is 108 Å². The van der Waals surface area contributed by atoms with Crippen LogP contribution in [-0.2, 0) is 10.0 Å². The number of nitro groups is 1. The maximum atomic E-state index is 14.9. The molecule has 5 aromatic rings. The highest BCUT2D eigenvalue weighted by Crippen LogP contribution is 2.53. The highest BCUT2D eigenvalue weighted by atomic mass is 32.2. The second-order valence-corrected chi connectivity index (χ2v) is 22.3. The van der Waals surface area contributed by atoms with E-state index in [1.807, 2.05) is 0 Å². The van der Waals surface area contributed by atoms with E-state index in [0.29, 0.717) is 63.8 Å². The normalized spacial score (nSPS) is 21.8. The fraction of sp³-hybridized carbons (Fsp3) is 0.500. The van der Waals surface area contributed by atoms with Gasteiger partial charge in [-0.1, -0.05) is 38.1 Å². The van der Waals surface area contributed by atoms with Crippen molar-refractivity contribution in [2.75, 3.05) is 62.6 Å².